The molecule has 0 fully saturated rings. The molecule has 0 saturated heterocycles. The third-order valence-corrected chi connectivity index (χ3v) is 2.65. The van der Waals surface area contributed by atoms with Crippen molar-refractivity contribution < 1.29 is 9.47 Å². The molecule has 2 radical (unpaired) electrons. The predicted octanol–water partition coefficient (Wildman–Crippen LogP) is 3.30. The maximum atomic E-state index is 5.59. The van der Waals surface area contributed by atoms with Crippen molar-refractivity contribution in [1.29, 1.82) is 0 Å². The Hall–Kier alpha value is -1.22. The van der Waals surface area contributed by atoms with Gasteiger partial charge in [0.25, 0.3) is 0 Å². The number of thiophene rings is 1. The normalized spacial score (nSPS) is 10.5. The minimum Gasteiger partial charge on any atom is -0.490 e. The molecule has 1 heterocycles. The summed E-state index contributed by atoms with van der Waals surface area (Å²) in [7, 11) is 0. The number of hydrogen-bond acceptors (Lipinski definition) is 3. The van der Waals surface area contributed by atoms with Gasteiger partial charge in [-0.05, 0) is 26.0 Å². The zero-order valence-corrected chi connectivity index (χ0v) is 9.61. The van der Waals surface area contributed by atoms with Crippen LogP contribution in [0.1, 0.15) is 13.8 Å². The van der Waals surface area contributed by atoms with E-state index in [1.54, 1.807) is 0 Å². The molecule has 3 heteroatoms. The third-order valence-electron chi connectivity index (χ3n) is 2.02. The summed E-state index contributed by atoms with van der Waals surface area (Å²) in [5.41, 5.74) is 0. The quantitative estimate of drug-likeness (QED) is 0.787. The monoisotopic (exact) mass is 220 g/mol. The second-order valence-electron chi connectivity index (χ2n) is 2.99. The minimum absolute atomic E-state index is 0.628. The van der Waals surface area contributed by atoms with Crippen LogP contribution >= 0.6 is 11.3 Å². The SMILES string of the molecule is CCOc1ccc2[c]s[c]c2c1OCC. The maximum absolute atomic E-state index is 5.59. The zero-order chi connectivity index (χ0) is 10.7. The first-order valence-corrected chi connectivity index (χ1v) is 5.79. The molecule has 0 amide bonds. The summed E-state index contributed by atoms with van der Waals surface area (Å²) in [4.78, 5) is 0. The summed E-state index contributed by atoms with van der Waals surface area (Å²) in [5.74, 6) is 1.57. The number of fused-ring (bicyclic) bond motifs is 1. The highest BCUT2D eigenvalue weighted by molar-refractivity contribution is 7.08. The van der Waals surface area contributed by atoms with E-state index >= 15 is 0 Å². The Morgan fingerprint density at radius 2 is 1.93 bits per heavy atom. The standard InChI is InChI=1S/C12H12O2S/c1-3-13-11-6-5-9-7-15-8-10(9)12(11)14-4-2/h5-6H,3-4H2,1-2H3. The van der Waals surface area contributed by atoms with Crippen LogP contribution < -0.4 is 9.47 Å². The topological polar surface area (TPSA) is 18.5 Å². The maximum Gasteiger partial charge on any atom is 0.170 e. The first-order valence-electron chi connectivity index (χ1n) is 4.97. The van der Waals surface area contributed by atoms with Crippen molar-refractivity contribution in [1.82, 2.24) is 0 Å². The molecule has 2 aromatic rings. The molecule has 0 aliphatic carbocycles. The summed E-state index contributed by atoms with van der Waals surface area (Å²) in [6, 6.07) is 3.91. The zero-order valence-electron chi connectivity index (χ0n) is 8.79. The molecule has 0 N–H and O–H groups in total. The van der Waals surface area contributed by atoms with E-state index < -0.39 is 0 Å². The smallest absolute Gasteiger partial charge is 0.170 e. The number of hydrogen-bond donors (Lipinski definition) is 0. The fraction of sp³-hybridized carbons (Fsp3) is 0.333. The Kier molecular flexibility index (Phi) is 3.11. The van der Waals surface area contributed by atoms with E-state index in [1.165, 1.54) is 11.3 Å². The number of ether oxygens (including phenoxy) is 2. The Morgan fingerprint density at radius 1 is 1.13 bits per heavy atom. The van der Waals surface area contributed by atoms with Crippen LogP contribution in [0.2, 0.25) is 0 Å². The van der Waals surface area contributed by atoms with E-state index in [-0.39, 0.29) is 0 Å². The van der Waals surface area contributed by atoms with Crippen molar-refractivity contribution in [2.75, 3.05) is 13.2 Å². The summed E-state index contributed by atoms with van der Waals surface area (Å²) < 4.78 is 11.1. The number of rotatable bonds is 4. The van der Waals surface area contributed by atoms with Crippen molar-refractivity contribution >= 4 is 22.1 Å². The molecule has 0 atom stereocenters. The van der Waals surface area contributed by atoms with Crippen LogP contribution in [0.3, 0.4) is 0 Å². The lowest BCUT2D eigenvalue weighted by molar-refractivity contribution is 0.291. The Balaban J connectivity index is 2.53. The third kappa shape index (κ3) is 1.92. The number of benzene rings is 1. The van der Waals surface area contributed by atoms with Gasteiger partial charge in [0.05, 0.1) is 24.0 Å². The van der Waals surface area contributed by atoms with E-state index in [0.717, 1.165) is 22.3 Å². The van der Waals surface area contributed by atoms with E-state index in [4.69, 9.17) is 9.47 Å². The van der Waals surface area contributed by atoms with Gasteiger partial charge in [0.1, 0.15) is 0 Å². The van der Waals surface area contributed by atoms with Gasteiger partial charge in [-0.1, -0.05) is 0 Å². The van der Waals surface area contributed by atoms with Crippen molar-refractivity contribution in [3.63, 3.8) is 0 Å². The summed E-state index contributed by atoms with van der Waals surface area (Å²) >= 11 is 1.43. The van der Waals surface area contributed by atoms with Crippen molar-refractivity contribution in [2.24, 2.45) is 0 Å². The van der Waals surface area contributed by atoms with Gasteiger partial charge in [0.2, 0.25) is 0 Å². The van der Waals surface area contributed by atoms with E-state index in [1.807, 2.05) is 26.0 Å². The van der Waals surface area contributed by atoms with E-state index in [9.17, 15) is 0 Å². The van der Waals surface area contributed by atoms with Crippen LogP contribution in [-0.4, -0.2) is 13.2 Å². The molecule has 0 spiro atoms. The minimum atomic E-state index is 0.628. The van der Waals surface area contributed by atoms with Crippen LogP contribution in [-0.2, 0) is 0 Å². The van der Waals surface area contributed by atoms with Crippen LogP contribution in [0, 0.1) is 10.8 Å². The second kappa shape index (κ2) is 4.53. The molecular formula is C12H12O2S. The highest BCUT2D eigenvalue weighted by atomic mass is 32.1. The summed E-state index contributed by atoms with van der Waals surface area (Å²) in [6.45, 7) is 5.19. The van der Waals surface area contributed by atoms with Crippen LogP contribution in [0.25, 0.3) is 10.8 Å². The average molecular weight is 220 g/mol. The van der Waals surface area contributed by atoms with Crippen molar-refractivity contribution in [3.05, 3.63) is 22.9 Å². The Labute approximate surface area is 93.4 Å². The van der Waals surface area contributed by atoms with E-state index in [2.05, 4.69) is 10.8 Å². The van der Waals surface area contributed by atoms with Gasteiger partial charge < -0.3 is 9.47 Å². The fourth-order valence-electron chi connectivity index (χ4n) is 1.44. The van der Waals surface area contributed by atoms with Crippen molar-refractivity contribution in [2.45, 2.75) is 13.8 Å². The van der Waals surface area contributed by atoms with Gasteiger partial charge in [-0.2, -0.15) is 0 Å². The van der Waals surface area contributed by atoms with Crippen LogP contribution in [0.15, 0.2) is 12.1 Å². The first-order chi connectivity index (χ1) is 7.36. The largest absolute Gasteiger partial charge is 0.490 e. The predicted molar refractivity (Wildman–Crippen MR) is 61.8 cm³/mol. The fourth-order valence-corrected chi connectivity index (χ4v) is 2.07. The average Bonchev–Trinajstić information content (AvgIpc) is 2.70. The molecule has 0 aliphatic heterocycles. The lowest BCUT2D eigenvalue weighted by atomic mass is 10.2. The summed E-state index contributed by atoms with van der Waals surface area (Å²) in [6.07, 6.45) is 0. The van der Waals surface area contributed by atoms with Gasteiger partial charge in [-0.3, -0.25) is 0 Å². The van der Waals surface area contributed by atoms with Crippen molar-refractivity contribution in [3.8, 4) is 11.5 Å². The van der Waals surface area contributed by atoms with Gasteiger partial charge in [-0.25, -0.2) is 0 Å². The van der Waals surface area contributed by atoms with Crippen LogP contribution in [0.4, 0.5) is 0 Å². The lowest BCUT2D eigenvalue weighted by Crippen LogP contribution is -1.98. The lowest BCUT2D eigenvalue weighted by Gasteiger charge is -2.11. The summed E-state index contributed by atoms with van der Waals surface area (Å²) in [5, 5.41) is 8.29. The van der Waals surface area contributed by atoms with E-state index in [0.29, 0.717) is 13.2 Å². The molecule has 2 nitrogen and oxygen atoms in total. The Bertz CT molecular complexity index is 448. The molecule has 0 aliphatic rings. The molecule has 1 aromatic heterocycles. The van der Waals surface area contributed by atoms with Gasteiger partial charge >= 0.3 is 0 Å². The molecule has 0 unspecified atom stereocenters. The van der Waals surface area contributed by atoms with Gasteiger partial charge in [0.15, 0.2) is 11.5 Å². The molecule has 78 valence electrons. The molecule has 2 rings (SSSR count). The van der Waals surface area contributed by atoms with Crippen LogP contribution in [0.5, 0.6) is 11.5 Å². The highest BCUT2D eigenvalue weighted by Gasteiger charge is 2.10. The molecule has 15 heavy (non-hydrogen) atoms. The molecule has 1 aromatic carbocycles. The van der Waals surface area contributed by atoms with Gasteiger partial charge in [0, 0.05) is 10.8 Å². The Morgan fingerprint density at radius 3 is 2.67 bits per heavy atom. The second-order valence-corrected chi connectivity index (χ2v) is 3.60. The van der Waals surface area contributed by atoms with Gasteiger partial charge in [-0.15, -0.1) is 11.3 Å². The first kappa shape index (κ1) is 10.3. The highest BCUT2D eigenvalue weighted by Crippen LogP contribution is 2.36. The molecular weight excluding hydrogens is 208 g/mol. The molecule has 0 bridgehead atoms. The molecule has 0 saturated carbocycles.